The van der Waals surface area contributed by atoms with Crippen LogP contribution in [0.1, 0.15) is 11.3 Å². The van der Waals surface area contributed by atoms with Crippen LogP contribution < -0.4 is 0 Å². The number of fused-ring (bicyclic) bond motifs is 1. The fraction of sp³-hybridized carbons (Fsp3) is 0.133. The van der Waals surface area contributed by atoms with E-state index in [9.17, 15) is 0 Å². The van der Waals surface area contributed by atoms with Gasteiger partial charge in [0.15, 0.2) is 5.82 Å². The molecule has 5 heteroatoms. The highest BCUT2D eigenvalue weighted by Crippen LogP contribution is 2.28. The Hall–Kier alpha value is -2.01. The number of aromatic nitrogens is 2. The molecule has 1 aromatic carbocycles. The highest BCUT2D eigenvalue weighted by molar-refractivity contribution is 9.10. The molecular formula is C15H13BrN4. The second kappa shape index (κ2) is 5.17. The van der Waals surface area contributed by atoms with Gasteiger partial charge in [-0.25, -0.2) is 4.98 Å². The summed E-state index contributed by atoms with van der Waals surface area (Å²) >= 11 is 3.46. The monoisotopic (exact) mass is 328 g/mol. The lowest BCUT2D eigenvalue weighted by Gasteiger charge is -1.99. The molecule has 2 heterocycles. The molecule has 3 aromatic rings. The standard InChI is InChI=1S/C15H13BrN4/c1-10-6-5-9-20-14(10)17-11(2)15(20)19-18-13-8-4-3-7-12(13)16/h3-9H,1-2H3. The molecule has 0 atom stereocenters. The number of azo groups is 1. The predicted molar refractivity (Wildman–Crippen MR) is 83.0 cm³/mol. The van der Waals surface area contributed by atoms with Crippen LogP contribution in [0.5, 0.6) is 0 Å². The molecule has 3 rings (SSSR count). The minimum atomic E-state index is 0.763. The van der Waals surface area contributed by atoms with Crippen molar-refractivity contribution in [2.24, 2.45) is 10.2 Å². The van der Waals surface area contributed by atoms with Gasteiger partial charge in [0.25, 0.3) is 0 Å². The minimum Gasteiger partial charge on any atom is -0.283 e. The van der Waals surface area contributed by atoms with Crippen molar-refractivity contribution >= 4 is 33.1 Å². The number of imidazole rings is 1. The van der Waals surface area contributed by atoms with E-state index in [1.54, 1.807) is 0 Å². The van der Waals surface area contributed by atoms with Gasteiger partial charge in [0.1, 0.15) is 5.65 Å². The van der Waals surface area contributed by atoms with E-state index < -0.39 is 0 Å². The smallest absolute Gasteiger partial charge is 0.182 e. The first-order chi connectivity index (χ1) is 9.66. The van der Waals surface area contributed by atoms with Crippen molar-refractivity contribution in [3.05, 3.63) is 58.3 Å². The first kappa shape index (κ1) is 13.0. The van der Waals surface area contributed by atoms with Crippen LogP contribution in [0.3, 0.4) is 0 Å². The zero-order chi connectivity index (χ0) is 14.1. The van der Waals surface area contributed by atoms with E-state index in [4.69, 9.17) is 0 Å². The van der Waals surface area contributed by atoms with Crippen LogP contribution >= 0.6 is 15.9 Å². The van der Waals surface area contributed by atoms with Gasteiger partial charge in [-0.2, -0.15) is 0 Å². The number of hydrogen-bond acceptors (Lipinski definition) is 3. The molecular weight excluding hydrogens is 316 g/mol. The fourth-order valence-electron chi connectivity index (χ4n) is 2.06. The Morgan fingerprint density at radius 3 is 2.65 bits per heavy atom. The van der Waals surface area contributed by atoms with Crippen LogP contribution in [0, 0.1) is 13.8 Å². The molecule has 0 aliphatic heterocycles. The number of benzene rings is 1. The van der Waals surface area contributed by atoms with Gasteiger partial charge in [0, 0.05) is 10.7 Å². The largest absolute Gasteiger partial charge is 0.283 e. The summed E-state index contributed by atoms with van der Waals surface area (Å²) in [6.07, 6.45) is 1.96. The second-order valence-corrected chi connectivity index (χ2v) is 5.41. The van der Waals surface area contributed by atoms with Crippen molar-refractivity contribution in [3.63, 3.8) is 0 Å². The third-order valence-corrected chi connectivity index (χ3v) is 3.76. The Morgan fingerprint density at radius 1 is 1.05 bits per heavy atom. The van der Waals surface area contributed by atoms with E-state index in [0.717, 1.165) is 32.9 Å². The summed E-state index contributed by atoms with van der Waals surface area (Å²) in [5, 5.41) is 8.67. The topological polar surface area (TPSA) is 42.0 Å². The normalized spacial score (nSPS) is 11.6. The lowest BCUT2D eigenvalue weighted by Crippen LogP contribution is -1.85. The van der Waals surface area contributed by atoms with E-state index in [0.29, 0.717) is 0 Å². The van der Waals surface area contributed by atoms with Gasteiger partial charge in [0.2, 0.25) is 0 Å². The zero-order valence-electron chi connectivity index (χ0n) is 11.2. The summed E-state index contributed by atoms with van der Waals surface area (Å²) < 4.78 is 2.89. The van der Waals surface area contributed by atoms with Crippen LogP contribution in [-0.2, 0) is 0 Å². The maximum atomic E-state index is 4.54. The van der Waals surface area contributed by atoms with Crippen molar-refractivity contribution in [3.8, 4) is 0 Å². The summed E-state index contributed by atoms with van der Waals surface area (Å²) in [7, 11) is 0. The molecule has 0 spiro atoms. The Labute approximate surface area is 125 Å². The van der Waals surface area contributed by atoms with Crippen molar-refractivity contribution in [2.75, 3.05) is 0 Å². The number of rotatable bonds is 2. The van der Waals surface area contributed by atoms with Crippen molar-refractivity contribution < 1.29 is 0 Å². The minimum absolute atomic E-state index is 0.763. The SMILES string of the molecule is Cc1nc2c(C)cccn2c1N=Nc1ccccc1Br. The van der Waals surface area contributed by atoms with Gasteiger partial charge in [-0.05, 0) is 53.5 Å². The number of hydrogen-bond donors (Lipinski definition) is 0. The molecule has 4 nitrogen and oxygen atoms in total. The number of pyridine rings is 1. The average molecular weight is 329 g/mol. The fourth-order valence-corrected chi connectivity index (χ4v) is 2.42. The molecule has 0 aliphatic carbocycles. The van der Waals surface area contributed by atoms with E-state index in [1.807, 2.05) is 60.8 Å². The van der Waals surface area contributed by atoms with Gasteiger partial charge in [-0.15, -0.1) is 10.2 Å². The molecule has 0 saturated heterocycles. The first-order valence-corrected chi connectivity index (χ1v) is 7.06. The highest BCUT2D eigenvalue weighted by Gasteiger charge is 2.09. The molecule has 0 N–H and O–H groups in total. The van der Waals surface area contributed by atoms with E-state index in [2.05, 4.69) is 31.1 Å². The van der Waals surface area contributed by atoms with E-state index in [1.165, 1.54) is 0 Å². The third-order valence-electron chi connectivity index (χ3n) is 3.09. The van der Waals surface area contributed by atoms with Crippen LogP contribution in [0.15, 0.2) is 57.3 Å². The molecule has 0 saturated carbocycles. The molecule has 2 aromatic heterocycles. The van der Waals surface area contributed by atoms with Crippen LogP contribution in [0.25, 0.3) is 5.65 Å². The molecule has 0 radical (unpaired) electrons. The molecule has 100 valence electrons. The average Bonchev–Trinajstić information content (AvgIpc) is 2.76. The second-order valence-electron chi connectivity index (χ2n) is 4.56. The summed E-state index contributed by atoms with van der Waals surface area (Å²) in [5.74, 6) is 0.763. The van der Waals surface area contributed by atoms with Gasteiger partial charge in [0.05, 0.1) is 11.4 Å². The van der Waals surface area contributed by atoms with Gasteiger partial charge in [-0.1, -0.05) is 18.2 Å². The Morgan fingerprint density at radius 2 is 1.85 bits per heavy atom. The molecule has 0 fully saturated rings. The molecule has 0 unspecified atom stereocenters. The summed E-state index contributed by atoms with van der Waals surface area (Å²) in [4.78, 5) is 4.54. The zero-order valence-corrected chi connectivity index (χ0v) is 12.8. The van der Waals surface area contributed by atoms with Crippen molar-refractivity contribution in [1.29, 1.82) is 0 Å². The maximum Gasteiger partial charge on any atom is 0.182 e. The number of aryl methyl sites for hydroxylation is 2. The lowest BCUT2D eigenvalue weighted by molar-refractivity contribution is 1.09. The third kappa shape index (κ3) is 2.25. The maximum absolute atomic E-state index is 4.54. The Balaban J connectivity index is 2.10. The van der Waals surface area contributed by atoms with E-state index in [-0.39, 0.29) is 0 Å². The summed E-state index contributed by atoms with van der Waals surface area (Å²) in [6.45, 7) is 3.98. The predicted octanol–water partition coefficient (Wildman–Crippen LogP) is 5.13. The first-order valence-electron chi connectivity index (χ1n) is 6.27. The van der Waals surface area contributed by atoms with Crippen molar-refractivity contribution in [2.45, 2.75) is 13.8 Å². The lowest BCUT2D eigenvalue weighted by atomic mass is 10.3. The van der Waals surface area contributed by atoms with Gasteiger partial charge < -0.3 is 0 Å². The molecule has 0 amide bonds. The van der Waals surface area contributed by atoms with Crippen LogP contribution in [0.4, 0.5) is 11.5 Å². The van der Waals surface area contributed by atoms with Gasteiger partial charge in [-0.3, -0.25) is 4.40 Å². The quantitative estimate of drug-likeness (QED) is 0.601. The molecule has 20 heavy (non-hydrogen) atoms. The Bertz CT molecular complexity index is 805. The highest BCUT2D eigenvalue weighted by atomic mass is 79.9. The van der Waals surface area contributed by atoms with E-state index >= 15 is 0 Å². The summed E-state index contributed by atoms with van der Waals surface area (Å²) in [5.41, 5.74) is 3.72. The van der Waals surface area contributed by atoms with Crippen LogP contribution in [-0.4, -0.2) is 9.38 Å². The molecule has 0 bridgehead atoms. The molecule has 0 aliphatic rings. The van der Waals surface area contributed by atoms with Crippen LogP contribution in [0.2, 0.25) is 0 Å². The van der Waals surface area contributed by atoms with Gasteiger partial charge >= 0.3 is 0 Å². The Kier molecular flexibility index (Phi) is 3.36. The van der Waals surface area contributed by atoms with Crippen molar-refractivity contribution in [1.82, 2.24) is 9.38 Å². The number of halogens is 1. The number of nitrogens with zero attached hydrogens (tertiary/aromatic N) is 4. The summed E-state index contributed by atoms with van der Waals surface area (Å²) in [6, 6.07) is 11.8.